The lowest BCUT2D eigenvalue weighted by atomic mass is 9.99. The summed E-state index contributed by atoms with van der Waals surface area (Å²) in [7, 11) is 0. The third-order valence-electron chi connectivity index (χ3n) is 3.66. The van der Waals surface area contributed by atoms with Gasteiger partial charge in [-0.05, 0) is 30.0 Å². The van der Waals surface area contributed by atoms with Gasteiger partial charge in [0.05, 0.1) is 5.92 Å². The van der Waals surface area contributed by atoms with Crippen LogP contribution in [0.1, 0.15) is 12.5 Å². The molecule has 1 saturated heterocycles. The summed E-state index contributed by atoms with van der Waals surface area (Å²) in [6.45, 7) is 3.18. The number of pyridine rings is 1. The molecule has 108 valence electrons. The number of aromatic nitrogens is 1. The summed E-state index contributed by atoms with van der Waals surface area (Å²) in [6, 6.07) is 3.63. The molecule has 2 amide bonds. The van der Waals surface area contributed by atoms with Crippen LogP contribution in [-0.2, 0) is 11.2 Å². The number of likely N-dealkylation sites (tertiary alicyclic amines) is 1. The van der Waals surface area contributed by atoms with Crippen LogP contribution in [0.15, 0.2) is 24.5 Å². The molecule has 2 heterocycles. The molecule has 1 aromatic rings. The van der Waals surface area contributed by atoms with E-state index in [2.05, 4.69) is 10.3 Å². The fourth-order valence-corrected chi connectivity index (χ4v) is 2.43. The van der Waals surface area contributed by atoms with Crippen molar-refractivity contribution in [1.29, 1.82) is 0 Å². The molecule has 2 N–H and O–H groups in total. The monoisotopic (exact) mass is 277 g/mol. The lowest BCUT2D eigenvalue weighted by molar-refractivity contribution is -0.142. The van der Waals surface area contributed by atoms with Gasteiger partial charge in [-0.25, -0.2) is 4.79 Å². The Balaban J connectivity index is 1.77. The summed E-state index contributed by atoms with van der Waals surface area (Å²) in [5, 5.41) is 11.9. The van der Waals surface area contributed by atoms with Gasteiger partial charge in [0.15, 0.2) is 0 Å². The lowest BCUT2D eigenvalue weighted by Gasteiger charge is -2.16. The van der Waals surface area contributed by atoms with Crippen LogP contribution < -0.4 is 5.32 Å². The fraction of sp³-hybridized carbons (Fsp3) is 0.500. The first-order valence-corrected chi connectivity index (χ1v) is 6.72. The van der Waals surface area contributed by atoms with Crippen LogP contribution >= 0.6 is 0 Å². The Hall–Kier alpha value is -2.11. The smallest absolute Gasteiger partial charge is 0.317 e. The molecule has 6 nitrogen and oxygen atoms in total. The van der Waals surface area contributed by atoms with Crippen molar-refractivity contribution in [3.05, 3.63) is 30.1 Å². The second-order valence-corrected chi connectivity index (χ2v) is 5.16. The molecule has 0 aromatic carbocycles. The van der Waals surface area contributed by atoms with E-state index in [9.17, 15) is 9.59 Å². The number of carboxylic acid groups (broad SMARTS) is 1. The van der Waals surface area contributed by atoms with Gasteiger partial charge in [-0.1, -0.05) is 6.92 Å². The predicted molar refractivity (Wildman–Crippen MR) is 73.2 cm³/mol. The number of carbonyl (C=O) groups is 2. The Morgan fingerprint density at radius 3 is 2.70 bits per heavy atom. The van der Waals surface area contributed by atoms with Gasteiger partial charge < -0.3 is 15.3 Å². The minimum atomic E-state index is -0.829. The van der Waals surface area contributed by atoms with E-state index >= 15 is 0 Å². The number of hydrogen-bond donors (Lipinski definition) is 2. The third kappa shape index (κ3) is 3.46. The Kier molecular flexibility index (Phi) is 4.55. The highest BCUT2D eigenvalue weighted by atomic mass is 16.4. The number of carboxylic acids is 1. The van der Waals surface area contributed by atoms with Crippen molar-refractivity contribution < 1.29 is 14.7 Å². The highest BCUT2D eigenvalue weighted by Gasteiger charge is 2.36. The van der Waals surface area contributed by atoms with Crippen molar-refractivity contribution >= 4 is 12.0 Å². The maximum absolute atomic E-state index is 12.0. The second-order valence-electron chi connectivity index (χ2n) is 5.16. The molecule has 0 spiro atoms. The number of nitrogens with zero attached hydrogens (tertiary/aromatic N) is 2. The van der Waals surface area contributed by atoms with Gasteiger partial charge in [0.1, 0.15) is 0 Å². The highest BCUT2D eigenvalue weighted by Crippen LogP contribution is 2.22. The molecule has 1 aromatic heterocycles. The Bertz CT molecular complexity index is 478. The van der Waals surface area contributed by atoms with E-state index in [0.29, 0.717) is 13.1 Å². The van der Waals surface area contributed by atoms with Crippen molar-refractivity contribution in [2.45, 2.75) is 13.3 Å². The number of amides is 2. The highest BCUT2D eigenvalue weighted by molar-refractivity contribution is 5.77. The van der Waals surface area contributed by atoms with Crippen LogP contribution in [0.5, 0.6) is 0 Å². The molecule has 0 bridgehead atoms. The molecule has 6 heteroatoms. The Morgan fingerprint density at radius 1 is 1.40 bits per heavy atom. The van der Waals surface area contributed by atoms with Gasteiger partial charge in [-0.15, -0.1) is 0 Å². The molecule has 0 radical (unpaired) electrons. The van der Waals surface area contributed by atoms with E-state index in [1.807, 2.05) is 19.1 Å². The van der Waals surface area contributed by atoms with Crippen molar-refractivity contribution in [1.82, 2.24) is 15.2 Å². The zero-order chi connectivity index (χ0) is 14.5. The molecule has 2 atom stereocenters. The van der Waals surface area contributed by atoms with E-state index in [0.717, 1.165) is 12.0 Å². The second kappa shape index (κ2) is 6.36. The van der Waals surface area contributed by atoms with Crippen molar-refractivity contribution in [3.8, 4) is 0 Å². The van der Waals surface area contributed by atoms with Gasteiger partial charge in [-0.3, -0.25) is 9.78 Å². The average molecular weight is 277 g/mol. The van der Waals surface area contributed by atoms with Gasteiger partial charge in [0, 0.05) is 32.0 Å². The standard InChI is InChI=1S/C14H19N3O3/c1-10-8-17(9-12(10)13(18)19)14(20)16-7-4-11-2-5-15-6-3-11/h2-3,5-6,10,12H,4,7-9H2,1H3,(H,16,20)(H,18,19). The normalized spacial score (nSPS) is 21.8. The van der Waals surface area contributed by atoms with E-state index < -0.39 is 11.9 Å². The summed E-state index contributed by atoms with van der Waals surface area (Å²) in [5.74, 6) is -1.29. The van der Waals surface area contributed by atoms with Crippen LogP contribution in [0.2, 0.25) is 0 Å². The number of carbonyl (C=O) groups excluding carboxylic acids is 1. The van der Waals surface area contributed by atoms with Gasteiger partial charge in [0.2, 0.25) is 0 Å². The van der Waals surface area contributed by atoms with E-state index in [1.54, 1.807) is 17.3 Å². The summed E-state index contributed by atoms with van der Waals surface area (Å²) >= 11 is 0. The third-order valence-corrected chi connectivity index (χ3v) is 3.66. The van der Waals surface area contributed by atoms with Crippen molar-refractivity contribution in [3.63, 3.8) is 0 Å². The Labute approximate surface area is 117 Å². The van der Waals surface area contributed by atoms with Crippen molar-refractivity contribution in [2.75, 3.05) is 19.6 Å². The van der Waals surface area contributed by atoms with E-state index in [1.165, 1.54) is 0 Å². The number of hydrogen-bond acceptors (Lipinski definition) is 3. The quantitative estimate of drug-likeness (QED) is 0.859. The molecule has 2 rings (SSSR count). The number of rotatable bonds is 4. The molecular weight excluding hydrogens is 258 g/mol. The molecule has 1 fully saturated rings. The first-order chi connectivity index (χ1) is 9.58. The van der Waals surface area contributed by atoms with Gasteiger partial charge in [-0.2, -0.15) is 0 Å². The minimum absolute atomic E-state index is 0.00144. The van der Waals surface area contributed by atoms with Gasteiger partial charge >= 0.3 is 12.0 Å². The average Bonchev–Trinajstić information content (AvgIpc) is 2.82. The van der Waals surface area contributed by atoms with E-state index in [4.69, 9.17) is 5.11 Å². The molecule has 0 saturated carbocycles. The SMILES string of the molecule is CC1CN(C(=O)NCCc2ccncc2)CC1C(=O)O. The van der Waals surface area contributed by atoms with Crippen LogP contribution in [0.4, 0.5) is 4.79 Å². The maximum Gasteiger partial charge on any atom is 0.317 e. The summed E-state index contributed by atoms with van der Waals surface area (Å²) in [4.78, 5) is 28.5. The molecule has 20 heavy (non-hydrogen) atoms. The minimum Gasteiger partial charge on any atom is -0.481 e. The molecule has 1 aliphatic rings. The first kappa shape index (κ1) is 14.3. The summed E-state index contributed by atoms with van der Waals surface area (Å²) in [6.07, 6.45) is 4.17. The van der Waals surface area contributed by atoms with Crippen LogP contribution in [0, 0.1) is 11.8 Å². The van der Waals surface area contributed by atoms with Gasteiger partial charge in [0.25, 0.3) is 0 Å². The Morgan fingerprint density at radius 2 is 2.10 bits per heavy atom. The number of aliphatic carboxylic acids is 1. The topological polar surface area (TPSA) is 82.5 Å². The predicted octanol–water partition coefficient (Wildman–Crippen LogP) is 0.986. The number of urea groups is 1. The fourth-order valence-electron chi connectivity index (χ4n) is 2.43. The largest absolute Gasteiger partial charge is 0.481 e. The van der Waals surface area contributed by atoms with Crippen LogP contribution in [-0.4, -0.2) is 46.6 Å². The summed E-state index contributed by atoms with van der Waals surface area (Å²) < 4.78 is 0. The van der Waals surface area contributed by atoms with Crippen molar-refractivity contribution in [2.24, 2.45) is 11.8 Å². The maximum atomic E-state index is 12.0. The van der Waals surface area contributed by atoms with Crippen LogP contribution in [0.3, 0.4) is 0 Å². The van der Waals surface area contributed by atoms with Crippen LogP contribution in [0.25, 0.3) is 0 Å². The first-order valence-electron chi connectivity index (χ1n) is 6.72. The molecule has 1 aliphatic heterocycles. The summed E-state index contributed by atoms with van der Waals surface area (Å²) in [5.41, 5.74) is 1.11. The van der Waals surface area contributed by atoms with E-state index in [-0.39, 0.29) is 18.5 Å². The zero-order valence-corrected chi connectivity index (χ0v) is 11.5. The molecule has 0 aliphatic carbocycles. The zero-order valence-electron chi connectivity index (χ0n) is 11.5. The lowest BCUT2D eigenvalue weighted by Crippen LogP contribution is -2.39. The molecule has 2 unspecified atom stereocenters. The number of nitrogens with one attached hydrogen (secondary N) is 1. The molecular formula is C14H19N3O3.